The van der Waals surface area contributed by atoms with Crippen molar-refractivity contribution >= 4 is 20.4 Å². The number of methoxy groups -OCH3 is 1. The van der Waals surface area contributed by atoms with E-state index in [0.717, 1.165) is 12.0 Å². The normalized spacial score (nSPS) is 21.3. The van der Waals surface area contributed by atoms with E-state index < -0.39 is 0 Å². The molecular formula is C14H13NO2Si. The van der Waals surface area contributed by atoms with Crippen molar-refractivity contribution in [2.45, 2.75) is 6.42 Å². The van der Waals surface area contributed by atoms with Gasteiger partial charge in [-0.25, -0.2) is 0 Å². The molecule has 2 radical (unpaired) electrons. The van der Waals surface area contributed by atoms with Gasteiger partial charge in [-0.05, 0) is 29.7 Å². The summed E-state index contributed by atoms with van der Waals surface area (Å²) >= 11 is 0. The third-order valence-electron chi connectivity index (χ3n) is 3.28. The van der Waals surface area contributed by atoms with Crippen LogP contribution in [-0.4, -0.2) is 27.1 Å². The minimum atomic E-state index is 0.191. The smallest absolute Gasteiger partial charge is 0.160 e. The Balaban J connectivity index is 1.94. The molecule has 90 valence electrons. The lowest BCUT2D eigenvalue weighted by Gasteiger charge is -2.17. The summed E-state index contributed by atoms with van der Waals surface area (Å²) in [4.78, 5) is 4.43. The number of nitrogens with zero attached hydrogens (tertiary/aromatic N) is 1. The van der Waals surface area contributed by atoms with Gasteiger partial charge in [0.25, 0.3) is 0 Å². The lowest BCUT2D eigenvalue weighted by molar-refractivity contribution is 0.373. The lowest BCUT2D eigenvalue weighted by Crippen LogP contribution is -2.15. The Kier molecular flexibility index (Phi) is 2.80. The van der Waals surface area contributed by atoms with E-state index in [1.165, 1.54) is 10.9 Å². The summed E-state index contributed by atoms with van der Waals surface area (Å²) in [5.41, 5.74) is 4.57. The van der Waals surface area contributed by atoms with Gasteiger partial charge in [-0.1, -0.05) is 17.8 Å². The fourth-order valence-corrected chi connectivity index (χ4v) is 3.64. The minimum absolute atomic E-state index is 0.191. The molecule has 1 N–H and O–H groups in total. The van der Waals surface area contributed by atoms with Gasteiger partial charge in [0.05, 0.1) is 7.11 Å². The van der Waals surface area contributed by atoms with Crippen molar-refractivity contribution in [3.05, 3.63) is 41.7 Å². The molecule has 1 unspecified atom stereocenters. The van der Waals surface area contributed by atoms with Gasteiger partial charge in [-0.15, -0.1) is 0 Å². The molecule has 18 heavy (non-hydrogen) atoms. The Bertz CT molecular complexity index is 575. The molecule has 0 amide bonds. The van der Waals surface area contributed by atoms with Crippen molar-refractivity contribution in [2.75, 3.05) is 7.11 Å². The van der Waals surface area contributed by atoms with E-state index in [2.05, 4.69) is 16.8 Å². The number of allylic oxidation sites excluding steroid dienone is 2. The van der Waals surface area contributed by atoms with E-state index in [-0.39, 0.29) is 5.75 Å². The molecule has 0 saturated heterocycles. The Labute approximate surface area is 108 Å². The van der Waals surface area contributed by atoms with Crippen LogP contribution in [0.15, 0.2) is 41.2 Å². The number of ether oxygens (including phenoxy) is 1. The van der Waals surface area contributed by atoms with Crippen LogP contribution in [0.25, 0.3) is 5.57 Å². The zero-order valence-corrected chi connectivity index (χ0v) is 11.1. The molecule has 1 aromatic carbocycles. The predicted molar refractivity (Wildman–Crippen MR) is 73.1 cm³/mol. The molecule has 1 atom stereocenters. The number of phenols is 1. The fraction of sp³-hybridized carbons (Fsp3) is 0.214. The summed E-state index contributed by atoms with van der Waals surface area (Å²) in [6, 6.07) is 5.58. The highest BCUT2D eigenvalue weighted by Crippen LogP contribution is 2.37. The number of rotatable bonds is 2. The van der Waals surface area contributed by atoms with E-state index in [0.29, 0.717) is 21.2 Å². The molecule has 2 aliphatic heterocycles. The molecular weight excluding hydrogens is 242 g/mol. The Hall–Kier alpha value is -1.81. The molecule has 0 aliphatic carbocycles. The quantitative estimate of drug-likeness (QED) is 0.824. The van der Waals surface area contributed by atoms with Crippen molar-refractivity contribution in [2.24, 2.45) is 10.9 Å². The Morgan fingerprint density at radius 1 is 1.44 bits per heavy atom. The third kappa shape index (κ3) is 1.78. The molecule has 3 nitrogen and oxygen atoms in total. The Morgan fingerprint density at radius 2 is 2.33 bits per heavy atom. The number of fused-ring (bicyclic) bond motifs is 1. The molecule has 0 aromatic heterocycles. The molecule has 0 fully saturated rings. The largest absolute Gasteiger partial charge is 0.504 e. The van der Waals surface area contributed by atoms with Crippen LogP contribution in [0.2, 0.25) is 0 Å². The highest BCUT2D eigenvalue weighted by Gasteiger charge is 2.27. The van der Waals surface area contributed by atoms with E-state index in [9.17, 15) is 5.11 Å². The third-order valence-corrected chi connectivity index (χ3v) is 4.51. The number of aromatic hydroxyl groups is 1. The molecule has 2 aliphatic rings. The number of hydrogen-bond acceptors (Lipinski definition) is 3. The van der Waals surface area contributed by atoms with E-state index >= 15 is 0 Å². The average Bonchev–Trinajstić information content (AvgIpc) is 2.82. The van der Waals surface area contributed by atoms with Crippen LogP contribution in [0.4, 0.5) is 0 Å². The SMILES string of the molecule is COc1ccc(C2=C[Si]C3=NC=CCC23)cc1O. The summed E-state index contributed by atoms with van der Waals surface area (Å²) in [6.45, 7) is 0. The standard InChI is InChI=1S/C14H13NO2Si/c1-17-13-5-4-9(7-12(13)16)11-8-18-14-10(11)3-2-6-15-14/h2,4-8,10,16H,3H2,1H3. The second kappa shape index (κ2) is 4.46. The molecule has 2 heterocycles. The first-order valence-electron chi connectivity index (χ1n) is 5.86. The van der Waals surface area contributed by atoms with Crippen LogP contribution in [0.5, 0.6) is 11.5 Å². The van der Waals surface area contributed by atoms with Crippen LogP contribution in [0.1, 0.15) is 12.0 Å². The molecule has 1 aromatic rings. The fourth-order valence-electron chi connectivity index (χ4n) is 2.35. The summed E-state index contributed by atoms with van der Waals surface area (Å²) < 4.78 is 5.07. The maximum Gasteiger partial charge on any atom is 0.160 e. The summed E-state index contributed by atoms with van der Waals surface area (Å²) in [6.07, 6.45) is 4.99. The number of hydrogen-bond donors (Lipinski definition) is 1. The summed E-state index contributed by atoms with van der Waals surface area (Å²) in [5.74, 6) is 1.09. The second-order valence-electron chi connectivity index (χ2n) is 4.32. The summed E-state index contributed by atoms with van der Waals surface area (Å²) in [7, 11) is 2.22. The average molecular weight is 255 g/mol. The second-order valence-corrected chi connectivity index (χ2v) is 5.41. The van der Waals surface area contributed by atoms with E-state index in [4.69, 9.17) is 4.74 Å². The summed E-state index contributed by atoms with van der Waals surface area (Å²) in [5, 5.41) is 11.1. The van der Waals surface area contributed by atoms with Gasteiger partial charge in [0.1, 0.15) is 9.52 Å². The zero-order chi connectivity index (χ0) is 12.5. The Morgan fingerprint density at radius 3 is 3.11 bits per heavy atom. The van der Waals surface area contributed by atoms with Crippen molar-refractivity contribution < 1.29 is 9.84 Å². The van der Waals surface area contributed by atoms with Crippen LogP contribution >= 0.6 is 0 Å². The van der Waals surface area contributed by atoms with Gasteiger partial charge in [-0.2, -0.15) is 0 Å². The van der Waals surface area contributed by atoms with Gasteiger partial charge in [0.2, 0.25) is 0 Å². The number of phenolic OH excluding ortho intramolecular Hbond substituents is 1. The van der Waals surface area contributed by atoms with Crippen LogP contribution in [0, 0.1) is 5.92 Å². The first-order valence-corrected chi connectivity index (χ1v) is 6.94. The zero-order valence-electron chi connectivity index (χ0n) is 10.1. The highest BCUT2D eigenvalue weighted by molar-refractivity contribution is 6.83. The van der Waals surface area contributed by atoms with Crippen molar-refractivity contribution in [3.63, 3.8) is 0 Å². The first kappa shape index (κ1) is 11.3. The van der Waals surface area contributed by atoms with Crippen molar-refractivity contribution in [3.8, 4) is 11.5 Å². The predicted octanol–water partition coefficient (Wildman–Crippen LogP) is 2.39. The van der Waals surface area contributed by atoms with Gasteiger partial charge in [0.15, 0.2) is 11.5 Å². The van der Waals surface area contributed by atoms with E-state index in [1.807, 2.05) is 18.3 Å². The van der Waals surface area contributed by atoms with Gasteiger partial charge >= 0.3 is 0 Å². The van der Waals surface area contributed by atoms with Crippen molar-refractivity contribution in [1.82, 2.24) is 0 Å². The maximum atomic E-state index is 9.85. The van der Waals surface area contributed by atoms with Crippen LogP contribution in [-0.2, 0) is 0 Å². The topological polar surface area (TPSA) is 41.8 Å². The van der Waals surface area contributed by atoms with Gasteiger partial charge < -0.3 is 9.84 Å². The molecule has 0 spiro atoms. The number of benzene rings is 1. The van der Waals surface area contributed by atoms with Crippen LogP contribution in [0.3, 0.4) is 0 Å². The van der Waals surface area contributed by atoms with Crippen molar-refractivity contribution in [1.29, 1.82) is 0 Å². The van der Waals surface area contributed by atoms with E-state index in [1.54, 1.807) is 13.2 Å². The molecule has 0 saturated carbocycles. The number of aliphatic imine (C=N–C) groups is 1. The van der Waals surface area contributed by atoms with Crippen LogP contribution < -0.4 is 4.74 Å². The molecule has 4 heteroatoms. The molecule has 0 bridgehead atoms. The monoisotopic (exact) mass is 255 g/mol. The maximum absolute atomic E-state index is 9.85. The lowest BCUT2D eigenvalue weighted by atomic mass is 9.91. The highest BCUT2D eigenvalue weighted by atomic mass is 28.2. The molecule has 3 rings (SSSR count). The van der Waals surface area contributed by atoms with Gasteiger partial charge in [-0.3, -0.25) is 4.99 Å². The first-order chi connectivity index (χ1) is 8.79. The minimum Gasteiger partial charge on any atom is -0.504 e. The van der Waals surface area contributed by atoms with Gasteiger partial charge in [0, 0.05) is 17.5 Å².